The summed E-state index contributed by atoms with van der Waals surface area (Å²) in [6.07, 6.45) is 2.80. The smallest absolute Gasteiger partial charge is 0.260 e. The Balaban J connectivity index is 0.00000361. The van der Waals surface area contributed by atoms with Crippen molar-refractivity contribution in [3.05, 3.63) is 53.1 Å². The van der Waals surface area contributed by atoms with Crippen LogP contribution in [0.2, 0.25) is 0 Å². The van der Waals surface area contributed by atoms with Crippen LogP contribution in [0.5, 0.6) is 0 Å². The van der Waals surface area contributed by atoms with Crippen LogP contribution in [0.1, 0.15) is 47.7 Å². The summed E-state index contributed by atoms with van der Waals surface area (Å²) >= 11 is 1.50. The molecule has 196 valence electrons. The van der Waals surface area contributed by atoms with Gasteiger partial charge < -0.3 is 4.90 Å². The van der Waals surface area contributed by atoms with Crippen LogP contribution in [0.4, 0.5) is 5.13 Å². The zero-order valence-corrected chi connectivity index (χ0v) is 24.0. The predicted octanol–water partition coefficient (Wildman–Crippen LogP) is 5.11. The highest BCUT2D eigenvalue weighted by Gasteiger charge is 2.31. The van der Waals surface area contributed by atoms with Gasteiger partial charge in [-0.2, -0.15) is 4.31 Å². The summed E-state index contributed by atoms with van der Waals surface area (Å²) in [5.41, 5.74) is 3.69. The number of hydrogen-bond acceptors (Lipinski definition) is 6. The van der Waals surface area contributed by atoms with E-state index in [1.807, 2.05) is 25.9 Å². The maximum Gasteiger partial charge on any atom is 0.260 e. The van der Waals surface area contributed by atoms with Gasteiger partial charge in [0.2, 0.25) is 10.0 Å². The highest BCUT2D eigenvalue weighted by Crippen LogP contribution is 2.32. The van der Waals surface area contributed by atoms with Gasteiger partial charge in [0.15, 0.2) is 5.13 Å². The lowest BCUT2D eigenvalue weighted by Gasteiger charge is -2.32. The van der Waals surface area contributed by atoms with Crippen molar-refractivity contribution < 1.29 is 13.2 Å². The molecule has 1 atom stereocenters. The maximum absolute atomic E-state index is 13.6. The fourth-order valence-corrected chi connectivity index (χ4v) is 7.13. The molecule has 7 nitrogen and oxygen atoms in total. The lowest BCUT2D eigenvalue weighted by atomic mass is 10.1. The summed E-state index contributed by atoms with van der Waals surface area (Å²) in [6.45, 7) is 7.79. The Morgan fingerprint density at radius 3 is 2.39 bits per heavy atom. The second-order valence-electron chi connectivity index (χ2n) is 9.65. The van der Waals surface area contributed by atoms with Crippen molar-refractivity contribution in [3.63, 3.8) is 0 Å². The van der Waals surface area contributed by atoms with Crippen molar-refractivity contribution in [2.45, 2.75) is 51.0 Å². The van der Waals surface area contributed by atoms with Crippen LogP contribution in [-0.4, -0.2) is 68.3 Å². The number of aromatic nitrogens is 1. The molecule has 1 aliphatic rings. The predicted molar refractivity (Wildman–Crippen MR) is 150 cm³/mol. The molecule has 1 amide bonds. The van der Waals surface area contributed by atoms with E-state index in [1.54, 1.807) is 33.5 Å². The monoisotopic (exact) mass is 550 g/mol. The first-order chi connectivity index (χ1) is 16.6. The number of sulfonamides is 1. The van der Waals surface area contributed by atoms with E-state index in [1.165, 1.54) is 22.5 Å². The number of halogens is 1. The number of fused-ring (bicyclic) bond motifs is 1. The van der Waals surface area contributed by atoms with Crippen LogP contribution in [0.15, 0.2) is 41.3 Å². The lowest BCUT2D eigenvalue weighted by Crippen LogP contribution is -2.41. The number of piperidine rings is 1. The molecule has 1 aliphatic heterocycles. The number of anilines is 1. The van der Waals surface area contributed by atoms with Gasteiger partial charge in [0, 0.05) is 31.2 Å². The Labute approximate surface area is 224 Å². The summed E-state index contributed by atoms with van der Waals surface area (Å²) in [5.74, 6) is -0.186. The van der Waals surface area contributed by atoms with Crippen LogP contribution in [0.25, 0.3) is 10.2 Å². The molecule has 0 spiro atoms. The highest BCUT2D eigenvalue weighted by atomic mass is 35.5. The standard InChI is InChI=1S/C26H34N4O3S2.ClH/c1-18-16-23-24(17-19(18)2)34-26(27-23)29(15-14-28(4)5)25(31)21-9-11-22(12-10-21)35(32,33)30-13-7-6-8-20(30)3;/h9-12,16-17,20H,6-8,13-15H2,1-5H3;1H. The Morgan fingerprint density at radius 1 is 1.08 bits per heavy atom. The highest BCUT2D eigenvalue weighted by molar-refractivity contribution is 7.89. The van der Waals surface area contributed by atoms with Crippen molar-refractivity contribution >= 4 is 55.0 Å². The topological polar surface area (TPSA) is 73.8 Å². The molecule has 1 unspecified atom stereocenters. The zero-order valence-electron chi connectivity index (χ0n) is 21.5. The van der Waals surface area contributed by atoms with E-state index in [4.69, 9.17) is 4.98 Å². The van der Waals surface area contributed by atoms with Crippen molar-refractivity contribution in [2.75, 3.05) is 38.6 Å². The molecule has 2 aromatic carbocycles. The minimum Gasteiger partial charge on any atom is -0.308 e. The van der Waals surface area contributed by atoms with Crippen LogP contribution in [-0.2, 0) is 10.0 Å². The van der Waals surface area contributed by atoms with Crippen molar-refractivity contribution in [1.82, 2.24) is 14.2 Å². The molecule has 0 N–H and O–H groups in total. The van der Waals surface area contributed by atoms with Crippen LogP contribution < -0.4 is 4.90 Å². The van der Waals surface area contributed by atoms with Crippen LogP contribution in [0.3, 0.4) is 0 Å². The van der Waals surface area contributed by atoms with Crippen molar-refractivity contribution in [1.29, 1.82) is 0 Å². The van der Waals surface area contributed by atoms with Crippen molar-refractivity contribution in [3.8, 4) is 0 Å². The van der Waals surface area contributed by atoms with Gasteiger partial charge >= 0.3 is 0 Å². The molecule has 0 bridgehead atoms. The van der Waals surface area contributed by atoms with Gasteiger partial charge in [-0.15, -0.1) is 12.4 Å². The molecule has 36 heavy (non-hydrogen) atoms. The Kier molecular flexibility index (Phi) is 9.16. The third-order valence-corrected chi connectivity index (χ3v) is 9.76. The van der Waals surface area contributed by atoms with Gasteiger partial charge in [-0.1, -0.05) is 17.8 Å². The van der Waals surface area contributed by atoms with E-state index < -0.39 is 10.0 Å². The van der Waals surface area contributed by atoms with E-state index in [-0.39, 0.29) is 29.3 Å². The number of nitrogens with zero attached hydrogens (tertiary/aromatic N) is 4. The first kappa shape index (κ1) is 28.5. The molecule has 1 fully saturated rings. The molecule has 2 heterocycles. The zero-order chi connectivity index (χ0) is 25.3. The number of amides is 1. The van der Waals surface area contributed by atoms with E-state index in [2.05, 4.69) is 26.0 Å². The molecule has 3 aromatic rings. The Hall–Kier alpha value is -2.04. The van der Waals surface area contributed by atoms with E-state index in [0.717, 1.165) is 29.5 Å². The summed E-state index contributed by atoms with van der Waals surface area (Å²) in [5, 5.41) is 0.649. The summed E-state index contributed by atoms with van der Waals surface area (Å²) in [4.78, 5) is 22.3. The largest absolute Gasteiger partial charge is 0.308 e. The molecule has 4 rings (SSSR count). The molecule has 10 heteroatoms. The summed E-state index contributed by atoms with van der Waals surface area (Å²) in [7, 11) is 0.353. The van der Waals surface area contributed by atoms with Gasteiger partial charge in [0.05, 0.1) is 15.1 Å². The number of carbonyl (C=O) groups is 1. The van der Waals surface area contributed by atoms with Gasteiger partial charge in [-0.3, -0.25) is 9.69 Å². The normalized spacial score (nSPS) is 16.8. The van der Waals surface area contributed by atoms with Crippen molar-refractivity contribution in [2.24, 2.45) is 0 Å². The minimum atomic E-state index is -3.58. The average Bonchev–Trinajstić information content (AvgIpc) is 3.21. The number of thiazole rings is 1. The minimum absolute atomic E-state index is 0. The first-order valence-corrected chi connectivity index (χ1v) is 14.3. The fourth-order valence-electron chi connectivity index (χ4n) is 4.36. The van der Waals surface area contributed by atoms with E-state index >= 15 is 0 Å². The lowest BCUT2D eigenvalue weighted by molar-refractivity contribution is 0.0985. The number of rotatable bonds is 7. The van der Waals surface area contributed by atoms with Crippen LogP contribution >= 0.6 is 23.7 Å². The quantitative estimate of drug-likeness (QED) is 0.409. The number of likely N-dealkylation sites (N-methyl/N-ethyl adjacent to an activating group) is 1. The fraction of sp³-hybridized carbons (Fsp3) is 0.462. The molecule has 0 radical (unpaired) electrons. The Morgan fingerprint density at radius 2 is 1.75 bits per heavy atom. The number of carbonyl (C=O) groups excluding carboxylic acids is 1. The molecule has 0 aliphatic carbocycles. The van der Waals surface area contributed by atoms with Gasteiger partial charge in [-0.25, -0.2) is 13.4 Å². The Bertz CT molecular complexity index is 1280. The third-order valence-electron chi connectivity index (χ3n) is 6.69. The molecule has 1 aromatic heterocycles. The number of aryl methyl sites for hydroxylation is 2. The molecule has 1 saturated heterocycles. The molecule has 0 saturated carbocycles. The number of hydrogen-bond donors (Lipinski definition) is 0. The van der Waals surface area contributed by atoms with Crippen LogP contribution in [0, 0.1) is 13.8 Å². The summed E-state index contributed by atoms with van der Waals surface area (Å²) < 4.78 is 29.0. The van der Waals surface area contributed by atoms with E-state index in [9.17, 15) is 13.2 Å². The first-order valence-electron chi connectivity index (χ1n) is 12.0. The summed E-state index contributed by atoms with van der Waals surface area (Å²) in [6, 6.07) is 10.5. The van der Waals surface area contributed by atoms with Gasteiger partial charge in [-0.05, 0) is 95.2 Å². The SMILES string of the molecule is Cc1cc2nc(N(CCN(C)C)C(=O)c3ccc(S(=O)(=O)N4CCCCC4C)cc3)sc2cc1C.Cl. The van der Waals surface area contributed by atoms with Gasteiger partial charge in [0.1, 0.15) is 0 Å². The second kappa shape index (κ2) is 11.6. The molecular formula is C26H35ClN4O3S2. The maximum atomic E-state index is 13.6. The molecular weight excluding hydrogens is 516 g/mol. The second-order valence-corrected chi connectivity index (χ2v) is 12.5. The number of benzene rings is 2. The average molecular weight is 551 g/mol. The van der Waals surface area contributed by atoms with E-state index in [0.29, 0.717) is 30.3 Å². The van der Waals surface area contributed by atoms with Gasteiger partial charge in [0.25, 0.3) is 5.91 Å². The third kappa shape index (κ3) is 5.92.